The fourth-order valence-corrected chi connectivity index (χ4v) is 2.84. The van der Waals surface area contributed by atoms with Gasteiger partial charge in [-0.15, -0.1) is 0 Å². The first-order chi connectivity index (χ1) is 11.6. The number of hydrogen-bond donors (Lipinski definition) is 1. The molecule has 4 rings (SSSR count). The van der Waals surface area contributed by atoms with Gasteiger partial charge in [0.1, 0.15) is 6.33 Å². The molecule has 0 spiro atoms. The molecular formula is C19H16N4O. The summed E-state index contributed by atoms with van der Waals surface area (Å²) in [4.78, 5) is 21.5. The van der Waals surface area contributed by atoms with Crippen LogP contribution in [0.25, 0.3) is 21.9 Å². The van der Waals surface area contributed by atoms with E-state index in [0.717, 1.165) is 27.5 Å². The molecule has 0 fully saturated rings. The van der Waals surface area contributed by atoms with Gasteiger partial charge in [0.15, 0.2) is 0 Å². The summed E-state index contributed by atoms with van der Waals surface area (Å²) in [7, 11) is 0. The number of amides is 1. The lowest BCUT2D eigenvalue weighted by atomic mass is 10.1. The maximum absolute atomic E-state index is 12.7. The lowest BCUT2D eigenvalue weighted by Gasteiger charge is -2.10. The van der Waals surface area contributed by atoms with Gasteiger partial charge in [-0.05, 0) is 44.2 Å². The van der Waals surface area contributed by atoms with Crippen LogP contribution in [0.1, 0.15) is 21.6 Å². The second-order valence-corrected chi connectivity index (χ2v) is 5.86. The van der Waals surface area contributed by atoms with Crippen LogP contribution in [0.3, 0.4) is 0 Å². The van der Waals surface area contributed by atoms with E-state index < -0.39 is 0 Å². The van der Waals surface area contributed by atoms with Crippen molar-refractivity contribution in [3.05, 3.63) is 71.7 Å². The molecule has 0 saturated carbocycles. The number of rotatable bonds is 2. The molecule has 24 heavy (non-hydrogen) atoms. The van der Waals surface area contributed by atoms with E-state index in [-0.39, 0.29) is 5.91 Å². The second kappa shape index (κ2) is 5.45. The molecule has 5 heteroatoms. The van der Waals surface area contributed by atoms with Crippen LogP contribution in [0.15, 0.2) is 54.9 Å². The molecule has 0 bridgehead atoms. The Kier molecular flexibility index (Phi) is 3.27. The minimum Gasteiger partial charge on any atom is -0.267 e. The van der Waals surface area contributed by atoms with E-state index in [9.17, 15) is 4.79 Å². The first kappa shape index (κ1) is 14.4. The highest BCUT2D eigenvalue weighted by atomic mass is 16.2. The van der Waals surface area contributed by atoms with Crippen molar-refractivity contribution in [1.29, 1.82) is 0 Å². The number of nitrogens with one attached hydrogen (secondary N) is 1. The predicted octanol–water partition coefficient (Wildman–Crippen LogP) is 3.59. The number of aryl methyl sites for hydroxylation is 2. The monoisotopic (exact) mass is 316 g/mol. The average Bonchev–Trinajstić information content (AvgIpc) is 2.98. The van der Waals surface area contributed by atoms with Gasteiger partial charge in [0.05, 0.1) is 27.8 Å². The fourth-order valence-electron chi connectivity index (χ4n) is 2.84. The highest BCUT2D eigenvalue weighted by molar-refractivity contribution is 6.03. The third-order valence-electron chi connectivity index (χ3n) is 4.08. The Balaban J connectivity index is 1.74. The van der Waals surface area contributed by atoms with Crippen molar-refractivity contribution in [2.24, 2.45) is 0 Å². The fraction of sp³-hybridized carbons (Fsp3) is 0.105. The van der Waals surface area contributed by atoms with E-state index in [4.69, 9.17) is 0 Å². The Bertz CT molecular complexity index is 1080. The van der Waals surface area contributed by atoms with Crippen molar-refractivity contribution in [3.8, 4) is 0 Å². The van der Waals surface area contributed by atoms with Crippen molar-refractivity contribution >= 4 is 27.8 Å². The molecule has 1 N–H and O–H groups in total. The molecule has 0 saturated heterocycles. The molecule has 2 aromatic heterocycles. The quantitative estimate of drug-likeness (QED) is 0.615. The van der Waals surface area contributed by atoms with Crippen LogP contribution in [0.5, 0.6) is 0 Å². The van der Waals surface area contributed by atoms with E-state index in [0.29, 0.717) is 11.3 Å². The molecule has 2 heterocycles. The van der Waals surface area contributed by atoms with Crippen molar-refractivity contribution < 1.29 is 4.79 Å². The first-order valence-corrected chi connectivity index (χ1v) is 7.73. The van der Waals surface area contributed by atoms with Crippen molar-refractivity contribution in [3.63, 3.8) is 0 Å². The number of imidazole rings is 1. The SMILES string of the molecule is Cc1ccc2nc(C)c(C(=O)Nn3cnc4ccccc43)cc2c1. The predicted molar refractivity (Wildman–Crippen MR) is 94.6 cm³/mol. The number of benzene rings is 2. The highest BCUT2D eigenvalue weighted by Crippen LogP contribution is 2.19. The van der Waals surface area contributed by atoms with Gasteiger partial charge in [-0.25, -0.2) is 9.66 Å². The zero-order chi connectivity index (χ0) is 16.7. The number of aromatic nitrogens is 3. The average molecular weight is 316 g/mol. The number of carbonyl (C=O) groups is 1. The summed E-state index contributed by atoms with van der Waals surface area (Å²) >= 11 is 0. The normalized spacial score (nSPS) is 11.1. The molecule has 5 nitrogen and oxygen atoms in total. The third-order valence-corrected chi connectivity index (χ3v) is 4.08. The molecule has 0 atom stereocenters. The maximum Gasteiger partial charge on any atom is 0.272 e. The molecule has 0 aliphatic carbocycles. The number of para-hydroxylation sites is 2. The van der Waals surface area contributed by atoms with Crippen molar-refractivity contribution in [2.75, 3.05) is 5.43 Å². The van der Waals surface area contributed by atoms with Crippen LogP contribution in [0, 0.1) is 13.8 Å². The molecule has 1 amide bonds. The molecule has 0 radical (unpaired) electrons. The van der Waals surface area contributed by atoms with Gasteiger partial charge in [0.25, 0.3) is 5.91 Å². The first-order valence-electron chi connectivity index (χ1n) is 7.73. The molecule has 4 aromatic rings. The van der Waals surface area contributed by atoms with Gasteiger partial charge in [-0.2, -0.15) is 0 Å². The van der Waals surface area contributed by atoms with Crippen LogP contribution in [-0.4, -0.2) is 20.6 Å². The van der Waals surface area contributed by atoms with Gasteiger partial charge in [-0.3, -0.25) is 15.2 Å². The van der Waals surface area contributed by atoms with Gasteiger partial charge >= 0.3 is 0 Å². The van der Waals surface area contributed by atoms with E-state index in [1.807, 2.05) is 62.4 Å². The summed E-state index contributed by atoms with van der Waals surface area (Å²) < 4.78 is 1.64. The standard InChI is InChI=1S/C19H16N4O/c1-12-7-8-16-14(9-12)10-15(13(2)21-16)19(24)22-23-11-20-17-5-3-4-6-18(17)23/h3-11H,1-2H3,(H,22,24). The number of carbonyl (C=O) groups excluding carboxylic acids is 1. The Hall–Kier alpha value is -3.21. The molecule has 0 aliphatic heterocycles. The summed E-state index contributed by atoms with van der Waals surface area (Å²) in [6.45, 7) is 3.87. The molecule has 0 unspecified atom stereocenters. The van der Waals surface area contributed by atoms with Crippen LogP contribution in [0.2, 0.25) is 0 Å². The van der Waals surface area contributed by atoms with Crippen LogP contribution in [0.4, 0.5) is 0 Å². The van der Waals surface area contributed by atoms with E-state index in [1.54, 1.807) is 11.0 Å². The second-order valence-electron chi connectivity index (χ2n) is 5.86. The topological polar surface area (TPSA) is 59.8 Å². The minimum atomic E-state index is -0.202. The number of nitrogens with zero attached hydrogens (tertiary/aromatic N) is 3. The summed E-state index contributed by atoms with van der Waals surface area (Å²) in [5.74, 6) is -0.202. The molecule has 2 aromatic carbocycles. The minimum absolute atomic E-state index is 0.202. The van der Waals surface area contributed by atoms with E-state index in [2.05, 4.69) is 15.4 Å². The summed E-state index contributed by atoms with van der Waals surface area (Å²) in [6.07, 6.45) is 1.61. The molecule has 0 aliphatic rings. The number of fused-ring (bicyclic) bond motifs is 2. The molecule has 118 valence electrons. The maximum atomic E-state index is 12.7. The summed E-state index contributed by atoms with van der Waals surface area (Å²) in [6, 6.07) is 15.6. The lowest BCUT2D eigenvalue weighted by Crippen LogP contribution is -2.23. The van der Waals surface area contributed by atoms with Gasteiger partial charge in [-0.1, -0.05) is 23.8 Å². The zero-order valence-electron chi connectivity index (χ0n) is 13.4. The highest BCUT2D eigenvalue weighted by Gasteiger charge is 2.13. The van der Waals surface area contributed by atoms with E-state index >= 15 is 0 Å². The van der Waals surface area contributed by atoms with E-state index in [1.165, 1.54) is 0 Å². The van der Waals surface area contributed by atoms with Crippen LogP contribution < -0.4 is 5.43 Å². The van der Waals surface area contributed by atoms with Crippen molar-refractivity contribution in [2.45, 2.75) is 13.8 Å². The lowest BCUT2D eigenvalue weighted by molar-refractivity contribution is 0.101. The van der Waals surface area contributed by atoms with Gasteiger partial charge in [0.2, 0.25) is 0 Å². The summed E-state index contributed by atoms with van der Waals surface area (Å²) in [5.41, 5.74) is 7.86. The Morgan fingerprint density at radius 1 is 1.04 bits per heavy atom. The number of pyridine rings is 1. The molecular weight excluding hydrogens is 300 g/mol. The van der Waals surface area contributed by atoms with Gasteiger partial charge < -0.3 is 0 Å². The van der Waals surface area contributed by atoms with Gasteiger partial charge in [0, 0.05) is 5.39 Å². The Morgan fingerprint density at radius 2 is 1.88 bits per heavy atom. The van der Waals surface area contributed by atoms with Crippen molar-refractivity contribution in [1.82, 2.24) is 14.6 Å². The Morgan fingerprint density at radius 3 is 2.75 bits per heavy atom. The largest absolute Gasteiger partial charge is 0.272 e. The zero-order valence-corrected chi connectivity index (χ0v) is 13.4. The smallest absolute Gasteiger partial charge is 0.267 e. The Labute approximate surface area is 138 Å². The van der Waals surface area contributed by atoms with Crippen LogP contribution >= 0.6 is 0 Å². The number of hydrogen-bond acceptors (Lipinski definition) is 3. The third kappa shape index (κ3) is 2.40. The van der Waals surface area contributed by atoms with Crippen LogP contribution in [-0.2, 0) is 0 Å². The summed E-state index contributed by atoms with van der Waals surface area (Å²) in [5, 5.41) is 0.959.